The van der Waals surface area contributed by atoms with Gasteiger partial charge in [-0.05, 0) is 24.3 Å². The van der Waals surface area contributed by atoms with Crippen molar-refractivity contribution in [3.8, 4) is 11.5 Å². The minimum Gasteiger partial charge on any atom is -0.497 e. The van der Waals surface area contributed by atoms with Crippen LogP contribution in [0.25, 0.3) is 0 Å². The molecular weight excluding hydrogens is 334 g/mol. The summed E-state index contributed by atoms with van der Waals surface area (Å²) in [6, 6.07) is 10.8. The SMILES string of the molecule is COc1ccc(OC)c(N2CC(C(=O)NCc3ccccn3)CC2=O)c1. The lowest BCUT2D eigenvalue weighted by atomic mass is 10.1. The molecule has 2 amide bonds. The van der Waals surface area contributed by atoms with E-state index in [2.05, 4.69) is 10.3 Å². The van der Waals surface area contributed by atoms with Gasteiger partial charge in [-0.1, -0.05) is 6.07 Å². The third-order valence-corrected chi connectivity index (χ3v) is 4.34. The van der Waals surface area contributed by atoms with Gasteiger partial charge in [0, 0.05) is 25.2 Å². The molecule has 1 aliphatic heterocycles. The molecule has 1 atom stereocenters. The van der Waals surface area contributed by atoms with E-state index in [4.69, 9.17) is 9.47 Å². The average Bonchev–Trinajstić information content (AvgIpc) is 3.08. The summed E-state index contributed by atoms with van der Waals surface area (Å²) in [7, 11) is 3.11. The largest absolute Gasteiger partial charge is 0.497 e. The maximum absolute atomic E-state index is 12.5. The molecule has 1 fully saturated rings. The van der Waals surface area contributed by atoms with Crippen LogP contribution in [0.5, 0.6) is 11.5 Å². The lowest BCUT2D eigenvalue weighted by molar-refractivity contribution is -0.126. The number of hydrogen-bond donors (Lipinski definition) is 1. The quantitative estimate of drug-likeness (QED) is 0.854. The molecule has 1 aliphatic rings. The Morgan fingerprint density at radius 3 is 2.81 bits per heavy atom. The Labute approximate surface area is 151 Å². The van der Waals surface area contributed by atoms with Gasteiger partial charge in [0.15, 0.2) is 0 Å². The Bertz CT molecular complexity index is 795. The number of methoxy groups -OCH3 is 2. The van der Waals surface area contributed by atoms with Gasteiger partial charge in [-0.15, -0.1) is 0 Å². The van der Waals surface area contributed by atoms with Gasteiger partial charge in [-0.2, -0.15) is 0 Å². The first-order valence-electron chi connectivity index (χ1n) is 8.32. The Balaban J connectivity index is 1.69. The number of nitrogens with zero attached hydrogens (tertiary/aromatic N) is 2. The molecule has 0 bridgehead atoms. The highest BCUT2D eigenvalue weighted by atomic mass is 16.5. The van der Waals surface area contributed by atoms with Crippen molar-refractivity contribution in [2.45, 2.75) is 13.0 Å². The number of pyridine rings is 1. The fraction of sp³-hybridized carbons (Fsp3) is 0.316. The van der Waals surface area contributed by atoms with Crippen molar-refractivity contribution >= 4 is 17.5 Å². The number of hydrogen-bond acceptors (Lipinski definition) is 5. The highest BCUT2D eigenvalue weighted by molar-refractivity contribution is 6.01. The number of ether oxygens (including phenoxy) is 2. The summed E-state index contributed by atoms with van der Waals surface area (Å²) < 4.78 is 10.6. The van der Waals surface area contributed by atoms with Crippen molar-refractivity contribution < 1.29 is 19.1 Å². The van der Waals surface area contributed by atoms with E-state index in [-0.39, 0.29) is 18.2 Å². The molecule has 136 valence electrons. The minimum atomic E-state index is -0.415. The zero-order valence-corrected chi connectivity index (χ0v) is 14.8. The number of anilines is 1. The molecular formula is C19H21N3O4. The molecule has 1 unspecified atom stereocenters. The standard InChI is InChI=1S/C19H21N3O4/c1-25-15-6-7-17(26-2)16(10-15)22-12-13(9-18(22)23)19(24)21-11-14-5-3-4-8-20-14/h3-8,10,13H,9,11-12H2,1-2H3,(H,21,24). The zero-order valence-electron chi connectivity index (χ0n) is 14.8. The van der Waals surface area contributed by atoms with Crippen LogP contribution in [0.3, 0.4) is 0 Å². The molecule has 0 spiro atoms. The van der Waals surface area contributed by atoms with Crippen molar-refractivity contribution in [2.75, 3.05) is 25.7 Å². The highest BCUT2D eigenvalue weighted by Crippen LogP contribution is 2.36. The second kappa shape index (κ2) is 7.86. The molecule has 0 aliphatic carbocycles. The summed E-state index contributed by atoms with van der Waals surface area (Å²) in [4.78, 5) is 30.7. The molecule has 1 aromatic heterocycles. The maximum atomic E-state index is 12.5. The first-order valence-corrected chi connectivity index (χ1v) is 8.32. The lowest BCUT2D eigenvalue weighted by Gasteiger charge is -2.20. The van der Waals surface area contributed by atoms with E-state index in [1.54, 1.807) is 43.5 Å². The van der Waals surface area contributed by atoms with Crippen LogP contribution in [-0.2, 0) is 16.1 Å². The highest BCUT2D eigenvalue weighted by Gasteiger charge is 2.36. The second-order valence-electron chi connectivity index (χ2n) is 5.98. The Hall–Kier alpha value is -3.09. The first-order chi connectivity index (χ1) is 12.6. The first kappa shape index (κ1) is 17.7. The number of carbonyl (C=O) groups excluding carboxylic acids is 2. The number of amides is 2. The van der Waals surface area contributed by atoms with Crippen LogP contribution >= 0.6 is 0 Å². The monoisotopic (exact) mass is 355 g/mol. The average molecular weight is 355 g/mol. The van der Waals surface area contributed by atoms with Gasteiger partial charge >= 0.3 is 0 Å². The van der Waals surface area contributed by atoms with Crippen LogP contribution < -0.4 is 19.7 Å². The van der Waals surface area contributed by atoms with Crippen molar-refractivity contribution in [2.24, 2.45) is 5.92 Å². The molecule has 2 aromatic rings. The molecule has 2 heterocycles. The van der Waals surface area contributed by atoms with E-state index in [1.807, 2.05) is 18.2 Å². The van der Waals surface area contributed by atoms with Gasteiger partial charge in [0.1, 0.15) is 11.5 Å². The van der Waals surface area contributed by atoms with E-state index in [0.29, 0.717) is 30.3 Å². The van der Waals surface area contributed by atoms with Crippen LogP contribution in [0.15, 0.2) is 42.6 Å². The van der Waals surface area contributed by atoms with Gasteiger partial charge in [0.05, 0.1) is 38.1 Å². The van der Waals surface area contributed by atoms with E-state index in [1.165, 1.54) is 0 Å². The molecule has 7 nitrogen and oxygen atoms in total. The van der Waals surface area contributed by atoms with E-state index in [0.717, 1.165) is 5.69 Å². The normalized spacial score (nSPS) is 16.5. The van der Waals surface area contributed by atoms with Crippen molar-refractivity contribution in [3.05, 3.63) is 48.3 Å². The second-order valence-corrected chi connectivity index (χ2v) is 5.98. The number of nitrogens with one attached hydrogen (secondary N) is 1. The maximum Gasteiger partial charge on any atom is 0.227 e. The lowest BCUT2D eigenvalue weighted by Crippen LogP contribution is -2.32. The smallest absolute Gasteiger partial charge is 0.227 e. The summed E-state index contributed by atoms with van der Waals surface area (Å²) >= 11 is 0. The van der Waals surface area contributed by atoms with Crippen molar-refractivity contribution in [1.29, 1.82) is 0 Å². The van der Waals surface area contributed by atoms with Crippen LogP contribution in [0.4, 0.5) is 5.69 Å². The summed E-state index contributed by atoms with van der Waals surface area (Å²) in [5, 5.41) is 2.85. The summed E-state index contributed by atoms with van der Waals surface area (Å²) in [5.41, 5.74) is 1.38. The van der Waals surface area contributed by atoms with Gasteiger partial charge in [0.2, 0.25) is 11.8 Å². The molecule has 1 aromatic carbocycles. The predicted molar refractivity (Wildman–Crippen MR) is 96.1 cm³/mol. The topological polar surface area (TPSA) is 80.8 Å². The van der Waals surface area contributed by atoms with Gasteiger partial charge < -0.3 is 19.7 Å². The van der Waals surface area contributed by atoms with Crippen molar-refractivity contribution in [3.63, 3.8) is 0 Å². The third-order valence-electron chi connectivity index (χ3n) is 4.34. The third kappa shape index (κ3) is 3.77. The van der Waals surface area contributed by atoms with Gasteiger partial charge in [-0.3, -0.25) is 14.6 Å². The van der Waals surface area contributed by atoms with Crippen molar-refractivity contribution in [1.82, 2.24) is 10.3 Å². The molecule has 7 heteroatoms. The fourth-order valence-electron chi connectivity index (χ4n) is 2.95. The van der Waals surface area contributed by atoms with Crippen LogP contribution in [-0.4, -0.2) is 37.6 Å². The van der Waals surface area contributed by atoms with Gasteiger partial charge in [0.25, 0.3) is 0 Å². The molecule has 1 saturated heterocycles. The zero-order chi connectivity index (χ0) is 18.5. The van der Waals surface area contributed by atoms with Crippen LogP contribution in [0.1, 0.15) is 12.1 Å². The molecule has 3 rings (SSSR count). The summed E-state index contributed by atoms with van der Waals surface area (Å²) in [6.45, 7) is 0.642. The molecule has 1 N–H and O–H groups in total. The number of aromatic nitrogens is 1. The minimum absolute atomic E-state index is 0.116. The summed E-state index contributed by atoms with van der Waals surface area (Å²) in [5.74, 6) is 0.496. The van der Waals surface area contributed by atoms with E-state index >= 15 is 0 Å². The number of benzene rings is 1. The Morgan fingerprint density at radius 1 is 1.27 bits per heavy atom. The predicted octanol–water partition coefficient (Wildman–Crippen LogP) is 1.77. The number of rotatable bonds is 6. The Kier molecular flexibility index (Phi) is 5.36. The number of carbonyl (C=O) groups is 2. The molecule has 0 radical (unpaired) electrons. The molecule has 0 saturated carbocycles. The van der Waals surface area contributed by atoms with Crippen LogP contribution in [0.2, 0.25) is 0 Å². The van der Waals surface area contributed by atoms with E-state index < -0.39 is 5.92 Å². The van der Waals surface area contributed by atoms with E-state index in [9.17, 15) is 9.59 Å². The molecule has 26 heavy (non-hydrogen) atoms. The van der Waals surface area contributed by atoms with Gasteiger partial charge in [-0.25, -0.2) is 0 Å². The fourth-order valence-corrected chi connectivity index (χ4v) is 2.95. The van der Waals surface area contributed by atoms with Crippen LogP contribution in [0, 0.1) is 5.92 Å². The summed E-state index contributed by atoms with van der Waals surface area (Å²) in [6.07, 6.45) is 1.84. The Morgan fingerprint density at radius 2 is 2.12 bits per heavy atom.